The Morgan fingerprint density at radius 3 is 2.27 bits per heavy atom. The van der Waals surface area contributed by atoms with Gasteiger partial charge in [-0.3, -0.25) is 9.52 Å². The van der Waals surface area contributed by atoms with E-state index in [1.165, 1.54) is 6.07 Å². The normalized spacial score (nSPS) is 12.5. The zero-order chi connectivity index (χ0) is 19.5. The van der Waals surface area contributed by atoms with E-state index in [4.69, 9.17) is 0 Å². The average Bonchev–Trinajstić information content (AvgIpc) is 2.57. The van der Waals surface area contributed by atoms with Crippen LogP contribution in [0.25, 0.3) is 0 Å². The number of sulfonamides is 1. The number of carbonyl (C=O) groups is 1. The minimum Gasteiger partial charge on any atom is -0.350 e. The molecule has 0 aliphatic heterocycles. The lowest BCUT2D eigenvalue weighted by Crippen LogP contribution is -2.32. The number of benzene rings is 2. The maximum Gasteiger partial charge on any atom is 0.262 e. The largest absolute Gasteiger partial charge is 0.350 e. The molecular formula is C20H26N2O3S. The van der Waals surface area contributed by atoms with E-state index in [9.17, 15) is 13.2 Å². The van der Waals surface area contributed by atoms with Crippen LogP contribution in [0.15, 0.2) is 41.3 Å². The van der Waals surface area contributed by atoms with Gasteiger partial charge in [0.2, 0.25) is 0 Å². The van der Waals surface area contributed by atoms with E-state index < -0.39 is 10.0 Å². The second-order valence-corrected chi connectivity index (χ2v) is 8.32. The van der Waals surface area contributed by atoms with Crippen LogP contribution in [0.1, 0.15) is 47.3 Å². The molecule has 5 nitrogen and oxygen atoms in total. The molecule has 0 aromatic heterocycles. The summed E-state index contributed by atoms with van der Waals surface area (Å²) in [7, 11) is -3.79. The monoisotopic (exact) mass is 374 g/mol. The van der Waals surface area contributed by atoms with Gasteiger partial charge in [0.15, 0.2) is 0 Å². The molecule has 0 bridgehead atoms. The van der Waals surface area contributed by atoms with E-state index in [0.717, 1.165) is 17.5 Å². The van der Waals surface area contributed by atoms with E-state index in [1.54, 1.807) is 31.2 Å². The maximum atomic E-state index is 12.8. The van der Waals surface area contributed by atoms with Gasteiger partial charge in [-0.15, -0.1) is 0 Å². The van der Waals surface area contributed by atoms with Crippen molar-refractivity contribution in [1.29, 1.82) is 0 Å². The molecule has 0 radical (unpaired) electrons. The number of hydrogen-bond acceptors (Lipinski definition) is 3. The topological polar surface area (TPSA) is 75.3 Å². The smallest absolute Gasteiger partial charge is 0.262 e. The van der Waals surface area contributed by atoms with Crippen LogP contribution in [-0.2, 0) is 10.0 Å². The quantitative estimate of drug-likeness (QED) is 0.804. The van der Waals surface area contributed by atoms with Crippen LogP contribution in [-0.4, -0.2) is 20.4 Å². The minimum atomic E-state index is -3.79. The van der Waals surface area contributed by atoms with Crippen molar-refractivity contribution in [3.05, 3.63) is 58.7 Å². The standard InChI is InChI=1S/C20H26N2O3S/c1-6-16(5)21-20(23)17-9-7-14(3)19(12-17)26(24,25)22-18-10-8-13(2)15(4)11-18/h7-12,16,22H,6H2,1-5H3,(H,21,23)/t16-/m1/s1. The third-order valence-electron chi connectivity index (χ3n) is 4.49. The lowest BCUT2D eigenvalue weighted by Gasteiger charge is -2.14. The lowest BCUT2D eigenvalue weighted by molar-refractivity contribution is 0.0939. The Kier molecular flexibility index (Phi) is 6.08. The molecule has 0 heterocycles. The highest BCUT2D eigenvalue weighted by Gasteiger charge is 2.20. The molecule has 0 fully saturated rings. The second-order valence-electron chi connectivity index (χ2n) is 6.67. The Labute approximate surface area is 155 Å². The first-order chi connectivity index (χ1) is 12.1. The van der Waals surface area contributed by atoms with Gasteiger partial charge in [-0.2, -0.15) is 0 Å². The molecule has 140 valence electrons. The Morgan fingerprint density at radius 2 is 1.65 bits per heavy atom. The predicted molar refractivity (Wildman–Crippen MR) is 105 cm³/mol. The Morgan fingerprint density at radius 1 is 1.00 bits per heavy atom. The first-order valence-corrected chi connectivity index (χ1v) is 10.1. The number of anilines is 1. The summed E-state index contributed by atoms with van der Waals surface area (Å²) in [6.45, 7) is 9.50. The second kappa shape index (κ2) is 7.91. The summed E-state index contributed by atoms with van der Waals surface area (Å²) in [5.74, 6) is -0.276. The molecular weight excluding hydrogens is 348 g/mol. The van der Waals surface area contributed by atoms with E-state index in [1.807, 2.05) is 33.8 Å². The molecule has 2 aromatic rings. The molecule has 2 N–H and O–H groups in total. The van der Waals surface area contributed by atoms with Gasteiger partial charge in [-0.25, -0.2) is 8.42 Å². The van der Waals surface area contributed by atoms with E-state index in [-0.39, 0.29) is 16.8 Å². The molecule has 6 heteroatoms. The fourth-order valence-electron chi connectivity index (χ4n) is 2.46. The van der Waals surface area contributed by atoms with Crippen molar-refractivity contribution in [2.45, 2.75) is 52.0 Å². The van der Waals surface area contributed by atoms with Crippen LogP contribution >= 0.6 is 0 Å². The molecule has 0 aliphatic carbocycles. The van der Waals surface area contributed by atoms with Crippen molar-refractivity contribution < 1.29 is 13.2 Å². The number of nitrogens with one attached hydrogen (secondary N) is 2. The zero-order valence-corrected chi connectivity index (χ0v) is 16.7. The summed E-state index contributed by atoms with van der Waals surface area (Å²) in [6, 6.07) is 10.1. The van der Waals surface area contributed by atoms with Gasteiger partial charge in [0.1, 0.15) is 0 Å². The van der Waals surface area contributed by atoms with Crippen LogP contribution in [0.3, 0.4) is 0 Å². The summed E-state index contributed by atoms with van der Waals surface area (Å²) >= 11 is 0. The van der Waals surface area contributed by atoms with Gasteiger partial charge in [0, 0.05) is 17.3 Å². The summed E-state index contributed by atoms with van der Waals surface area (Å²) in [6.07, 6.45) is 0.803. The Hall–Kier alpha value is -2.34. The third-order valence-corrected chi connectivity index (χ3v) is 6.01. The average molecular weight is 375 g/mol. The number of rotatable bonds is 6. The summed E-state index contributed by atoms with van der Waals surface area (Å²) in [5.41, 5.74) is 3.51. The lowest BCUT2D eigenvalue weighted by atomic mass is 10.1. The van der Waals surface area contributed by atoms with Gasteiger partial charge in [-0.1, -0.05) is 19.1 Å². The molecule has 1 atom stereocenters. The minimum absolute atomic E-state index is 0.0255. The van der Waals surface area contributed by atoms with Gasteiger partial charge >= 0.3 is 0 Å². The number of carbonyl (C=O) groups excluding carboxylic acids is 1. The SMILES string of the molecule is CC[C@@H](C)NC(=O)c1ccc(C)c(S(=O)(=O)Nc2ccc(C)c(C)c2)c1. The van der Waals surface area contributed by atoms with Crippen LogP contribution in [0.4, 0.5) is 5.69 Å². The van der Waals surface area contributed by atoms with Gasteiger partial charge in [-0.05, 0) is 75.1 Å². The molecule has 2 aromatic carbocycles. The van der Waals surface area contributed by atoms with Gasteiger partial charge in [0.25, 0.3) is 15.9 Å². The molecule has 0 saturated carbocycles. The van der Waals surface area contributed by atoms with E-state index >= 15 is 0 Å². The summed E-state index contributed by atoms with van der Waals surface area (Å²) in [5, 5.41) is 2.85. The molecule has 0 saturated heterocycles. The molecule has 0 spiro atoms. The van der Waals surface area contributed by atoms with Gasteiger partial charge in [0.05, 0.1) is 4.90 Å². The highest BCUT2D eigenvalue weighted by atomic mass is 32.2. The number of aryl methyl sites for hydroxylation is 3. The highest BCUT2D eigenvalue weighted by Crippen LogP contribution is 2.22. The van der Waals surface area contributed by atoms with Gasteiger partial charge < -0.3 is 5.32 Å². The molecule has 26 heavy (non-hydrogen) atoms. The molecule has 0 aliphatic rings. The van der Waals surface area contributed by atoms with Crippen molar-refractivity contribution in [3.8, 4) is 0 Å². The molecule has 1 amide bonds. The number of hydrogen-bond donors (Lipinski definition) is 2. The fraction of sp³-hybridized carbons (Fsp3) is 0.350. The third kappa shape index (κ3) is 4.64. The van der Waals surface area contributed by atoms with Crippen LogP contribution in [0, 0.1) is 20.8 Å². The molecule has 0 unspecified atom stereocenters. The molecule has 2 rings (SSSR count). The first-order valence-electron chi connectivity index (χ1n) is 8.65. The van der Waals surface area contributed by atoms with Crippen molar-refractivity contribution in [1.82, 2.24) is 5.32 Å². The Balaban J connectivity index is 2.34. The van der Waals surface area contributed by atoms with Crippen molar-refractivity contribution >= 4 is 21.6 Å². The van der Waals surface area contributed by atoms with Crippen molar-refractivity contribution in [2.24, 2.45) is 0 Å². The maximum absolute atomic E-state index is 12.8. The van der Waals surface area contributed by atoms with Crippen molar-refractivity contribution in [2.75, 3.05) is 4.72 Å². The van der Waals surface area contributed by atoms with Crippen LogP contribution in [0.5, 0.6) is 0 Å². The number of amides is 1. The summed E-state index contributed by atoms with van der Waals surface area (Å²) < 4.78 is 28.3. The van der Waals surface area contributed by atoms with Crippen LogP contribution < -0.4 is 10.0 Å². The first kappa shape index (κ1) is 20.0. The van der Waals surface area contributed by atoms with E-state index in [2.05, 4.69) is 10.0 Å². The Bertz CT molecular complexity index is 921. The van der Waals surface area contributed by atoms with Crippen LogP contribution in [0.2, 0.25) is 0 Å². The van der Waals surface area contributed by atoms with Crippen molar-refractivity contribution in [3.63, 3.8) is 0 Å². The highest BCUT2D eigenvalue weighted by molar-refractivity contribution is 7.92. The fourth-order valence-corrected chi connectivity index (χ4v) is 3.78. The summed E-state index contributed by atoms with van der Waals surface area (Å²) in [4.78, 5) is 12.4. The zero-order valence-electron chi connectivity index (χ0n) is 15.9. The predicted octanol–water partition coefficient (Wildman–Crippen LogP) is 3.94. The van der Waals surface area contributed by atoms with E-state index in [0.29, 0.717) is 16.8 Å².